The van der Waals surface area contributed by atoms with E-state index in [1.165, 1.54) is 6.92 Å². The maximum Gasteiger partial charge on any atom is 0.0669 e. The molecule has 0 rings (SSSR count). The Balaban J connectivity index is -0.000000167. The summed E-state index contributed by atoms with van der Waals surface area (Å²) < 4.78 is 0. The largest absolute Gasteiger partial charge is 1.00 e. The van der Waals surface area contributed by atoms with Gasteiger partial charge in [-0.1, -0.05) is 12.2 Å². The van der Waals surface area contributed by atoms with Gasteiger partial charge in [-0.3, -0.25) is 0 Å². The highest BCUT2D eigenvalue weighted by Gasteiger charge is 1.86. The van der Waals surface area contributed by atoms with E-state index in [1.54, 1.807) is 12.2 Å². The Morgan fingerprint density at radius 1 is 1.43 bits per heavy atom. The molecule has 0 radical (unpaired) electrons. The number of carboxylic acid groups (broad SMARTS) is 1. The van der Waals surface area contributed by atoms with Gasteiger partial charge in [0.15, 0.2) is 0 Å². The summed E-state index contributed by atoms with van der Waals surface area (Å²) in [6.07, 6.45) is 3.28. The number of hydrogen-bond donors (Lipinski definition) is 3. The van der Waals surface area contributed by atoms with Crippen LogP contribution in [0.4, 0.5) is 0 Å². The Bertz CT molecular complexity index is 183. The third-order valence-corrected chi connectivity index (χ3v) is 1.16. The topological polar surface area (TPSA) is 125 Å². The third-order valence-electron chi connectivity index (χ3n) is 1.16. The lowest BCUT2D eigenvalue weighted by molar-refractivity contribution is -0.299. The lowest BCUT2D eigenvalue weighted by Gasteiger charge is -2.01. The quantitative estimate of drug-likeness (QED) is 0.266. The van der Waals surface area contributed by atoms with Crippen molar-refractivity contribution in [3.8, 4) is 0 Å². The Hall–Kier alpha value is -0.880. The van der Waals surface area contributed by atoms with Crippen molar-refractivity contribution in [2.45, 2.75) is 6.92 Å². The molecule has 9 N–H and O–H groups in total. The SMILES string of the molecule is C=CCNCC=C(C)C(=O)[O-].[Cl-].[NH4+].[NH4+]. The second kappa shape index (κ2) is 14.6. The Morgan fingerprint density at radius 2 is 1.93 bits per heavy atom. The van der Waals surface area contributed by atoms with E-state index in [2.05, 4.69) is 11.9 Å². The molecule has 0 bridgehead atoms. The molecular weight excluding hydrogens is 206 g/mol. The van der Waals surface area contributed by atoms with E-state index in [0.29, 0.717) is 13.1 Å². The highest BCUT2D eigenvalue weighted by molar-refractivity contribution is 5.83. The number of carboxylic acids is 1. The molecule has 0 aliphatic rings. The molecule has 0 aromatic carbocycles. The summed E-state index contributed by atoms with van der Waals surface area (Å²) in [6.45, 7) is 6.22. The van der Waals surface area contributed by atoms with Crippen molar-refractivity contribution in [3.05, 3.63) is 24.3 Å². The minimum atomic E-state index is -1.12. The summed E-state index contributed by atoms with van der Waals surface area (Å²) in [5.74, 6) is -1.12. The predicted molar refractivity (Wildman–Crippen MR) is 53.8 cm³/mol. The Labute approximate surface area is 90.8 Å². The van der Waals surface area contributed by atoms with E-state index in [9.17, 15) is 9.90 Å². The van der Waals surface area contributed by atoms with Crippen LogP contribution in [0.15, 0.2) is 24.3 Å². The van der Waals surface area contributed by atoms with Gasteiger partial charge in [-0.05, 0) is 12.5 Å². The molecule has 0 unspecified atom stereocenters. The fourth-order valence-electron chi connectivity index (χ4n) is 0.494. The highest BCUT2D eigenvalue weighted by atomic mass is 35.5. The predicted octanol–water partition coefficient (Wildman–Crippen LogP) is -2.79. The van der Waals surface area contributed by atoms with E-state index in [-0.39, 0.29) is 30.3 Å². The van der Waals surface area contributed by atoms with Crippen molar-refractivity contribution in [2.24, 2.45) is 0 Å². The maximum atomic E-state index is 10.1. The van der Waals surface area contributed by atoms with E-state index in [4.69, 9.17) is 0 Å². The summed E-state index contributed by atoms with van der Waals surface area (Å²) >= 11 is 0. The van der Waals surface area contributed by atoms with E-state index < -0.39 is 5.97 Å². The zero-order valence-electron chi connectivity index (χ0n) is 8.97. The zero-order chi connectivity index (χ0) is 8.69. The van der Waals surface area contributed by atoms with Crippen molar-refractivity contribution in [1.29, 1.82) is 0 Å². The van der Waals surface area contributed by atoms with Crippen LogP contribution < -0.4 is 35.1 Å². The summed E-state index contributed by atoms with van der Waals surface area (Å²) in [5.41, 5.74) is 0.251. The molecule has 0 fully saturated rings. The molecule has 5 nitrogen and oxygen atoms in total. The fraction of sp³-hybridized carbons (Fsp3) is 0.375. The van der Waals surface area contributed by atoms with Gasteiger partial charge in [0, 0.05) is 13.1 Å². The molecule has 0 aromatic rings. The van der Waals surface area contributed by atoms with Crippen LogP contribution in [-0.2, 0) is 4.79 Å². The second-order valence-corrected chi connectivity index (χ2v) is 2.12. The number of hydrogen-bond acceptors (Lipinski definition) is 3. The molecule has 0 saturated carbocycles. The smallest absolute Gasteiger partial charge is 0.0669 e. The van der Waals surface area contributed by atoms with Crippen molar-refractivity contribution < 1.29 is 22.3 Å². The summed E-state index contributed by atoms with van der Waals surface area (Å²) in [7, 11) is 0. The summed E-state index contributed by atoms with van der Waals surface area (Å²) in [4.78, 5) is 10.1. The Kier molecular flexibility index (Phi) is 24.2. The van der Waals surface area contributed by atoms with Crippen molar-refractivity contribution in [1.82, 2.24) is 17.6 Å². The normalized spacial score (nSPS) is 8.79. The number of halogens is 1. The number of quaternary nitrogens is 2. The van der Waals surface area contributed by atoms with Gasteiger partial charge in [-0.25, -0.2) is 0 Å². The fourth-order valence-corrected chi connectivity index (χ4v) is 0.494. The highest BCUT2D eigenvalue weighted by Crippen LogP contribution is 1.86. The van der Waals surface area contributed by atoms with Crippen molar-refractivity contribution >= 4 is 5.97 Å². The molecular formula is C8H20ClN3O2. The van der Waals surface area contributed by atoms with E-state index >= 15 is 0 Å². The summed E-state index contributed by atoms with van der Waals surface area (Å²) in [5, 5.41) is 13.1. The molecule has 0 amide bonds. The van der Waals surface area contributed by atoms with Crippen LogP contribution in [0, 0.1) is 0 Å². The summed E-state index contributed by atoms with van der Waals surface area (Å²) in [6, 6.07) is 0. The molecule has 14 heavy (non-hydrogen) atoms. The van der Waals surface area contributed by atoms with Gasteiger partial charge in [0.05, 0.1) is 5.97 Å². The number of carbonyl (C=O) groups is 1. The first-order valence-corrected chi connectivity index (χ1v) is 3.38. The van der Waals surface area contributed by atoms with Crippen LogP contribution in [0.3, 0.4) is 0 Å². The van der Waals surface area contributed by atoms with Gasteiger partial charge in [0.25, 0.3) is 0 Å². The van der Waals surface area contributed by atoms with Crippen LogP contribution in [-0.4, -0.2) is 19.1 Å². The number of rotatable bonds is 5. The van der Waals surface area contributed by atoms with Crippen molar-refractivity contribution in [2.75, 3.05) is 13.1 Å². The van der Waals surface area contributed by atoms with Crippen LogP contribution >= 0.6 is 0 Å². The average molecular weight is 226 g/mol. The molecule has 0 saturated heterocycles. The van der Waals surface area contributed by atoms with Crippen LogP contribution in [0.25, 0.3) is 0 Å². The van der Waals surface area contributed by atoms with Gasteiger partial charge in [-0.2, -0.15) is 0 Å². The van der Waals surface area contributed by atoms with Gasteiger partial charge < -0.3 is 39.9 Å². The van der Waals surface area contributed by atoms with Crippen LogP contribution in [0.2, 0.25) is 0 Å². The lowest BCUT2D eigenvalue weighted by atomic mass is 10.3. The molecule has 0 aromatic heterocycles. The lowest BCUT2D eigenvalue weighted by Crippen LogP contribution is -3.00. The molecule has 0 aliphatic carbocycles. The zero-order valence-corrected chi connectivity index (χ0v) is 9.73. The maximum absolute atomic E-state index is 10.1. The van der Waals surface area contributed by atoms with Crippen molar-refractivity contribution in [3.63, 3.8) is 0 Å². The standard InChI is InChI=1S/C8H13NO2.ClH.2H3N/c1-3-5-9-6-4-7(2)8(10)11;;;/h3-4,9H,1,5-6H2,2H3,(H,10,11);1H;2*1H3. The van der Waals surface area contributed by atoms with Gasteiger partial charge in [0.1, 0.15) is 0 Å². The molecule has 0 spiro atoms. The average Bonchev–Trinajstić information content (AvgIpc) is 1.97. The minimum absolute atomic E-state index is 0. The van der Waals surface area contributed by atoms with E-state index in [1.807, 2.05) is 0 Å². The molecule has 86 valence electrons. The molecule has 0 heterocycles. The number of aliphatic carboxylic acids is 1. The van der Waals surface area contributed by atoms with Crippen LogP contribution in [0.5, 0.6) is 0 Å². The molecule has 6 heteroatoms. The van der Waals surface area contributed by atoms with E-state index in [0.717, 1.165) is 0 Å². The third kappa shape index (κ3) is 13.7. The number of nitrogens with one attached hydrogen (secondary N) is 1. The van der Waals surface area contributed by atoms with Crippen LogP contribution in [0.1, 0.15) is 6.92 Å². The number of carbonyl (C=O) groups excluding carboxylic acids is 1. The second-order valence-electron chi connectivity index (χ2n) is 2.12. The van der Waals surface area contributed by atoms with Gasteiger partial charge in [-0.15, -0.1) is 6.58 Å². The first kappa shape index (κ1) is 23.2. The van der Waals surface area contributed by atoms with Gasteiger partial charge >= 0.3 is 0 Å². The Morgan fingerprint density at radius 3 is 2.29 bits per heavy atom. The molecule has 0 aliphatic heterocycles. The first-order chi connectivity index (χ1) is 5.18. The first-order valence-electron chi connectivity index (χ1n) is 3.38. The monoisotopic (exact) mass is 225 g/mol. The minimum Gasteiger partial charge on any atom is -1.00 e. The molecule has 0 atom stereocenters. The van der Waals surface area contributed by atoms with Gasteiger partial charge in [0.2, 0.25) is 0 Å².